The maximum Gasteiger partial charge on any atom is 0.246 e. The Bertz CT molecular complexity index is 542. The third-order valence-corrected chi connectivity index (χ3v) is 2.70. The van der Waals surface area contributed by atoms with Crippen molar-refractivity contribution < 1.29 is 9.53 Å². The van der Waals surface area contributed by atoms with E-state index in [1.807, 2.05) is 6.07 Å². The number of hydrogen-bond acceptors (Lipinski definition) is 4. The molecule has 0 saturated heterocycles. The number of methoxy groups -OCH3 is 1. The van der Waals surface area contributed by atoms with Crippen molar-refractivity contribution in [2.75, 3.05) is 12.4 Å². The number of nitrogens with one attached hydrogen (secondary N) is 1. The van der Waals surface area contributed by atoms with Crippen LogP contribution < -0.4 is 10.1 Å². The Morgan fingerprint density at radius 2 is 2.39 bits per heavy atom. The van der Waals surface area contributed by atoms with Crippen molar-refractivity contribution in [2.45, 2.75) is 6.54 Å². The van der Waals surface area contributed by atoms with E-state index >= 15 is 0 Å². The van der Waals surface area contributed by atoms with E-state index in [4.69, 9.17) is 4.74 Å². The van der Waals surface area contributed by atoms with Gasteiger partial charge in [0.15, 0.2) is 0 Å². The second-order valence-corrected chi connectivity index (χ2v) is 4.40. The van der Waals surface area contributed by atoms with E-state index < -0.39 is 0 Å². The van der Waals surface area contributed by atoms with Gasteiger partial charge in [0.1, 0.15) is 24.9 Å². The Morgan fingerprint density at radius 3 is 3.06 bits per heavy atom. The second-order valence-electron chi connectivity index (χ2n) is 3.49. The summed E-state index contributed by atoms with van der Waals surface area (Å²) in [7, 11) is 1.55. The van der Waals surface area contributed by atoms with Gasteiger partial charge in [0.05, 0.1) is 12.8 Å². The van der Waals surface area contributed by atoms with Gasteiger partial charge in [-0.3, -0.25) is 4.79 Å². The predicted octanol–water partition coefficient (Wildman–Crippen LogP) is 1.69. The summed E-state index contributed by atoms with van der Waals surface area (Å²) in [5.74, 6) is 0.405. The molecule has 0 bridgehead atoms. The number of ether oxygens (including phenoxy) is 1. The first-order valence-electron chi connectivity index (χ1n) is 5.15. The van der Waals surface area contributed by atoms with Gasteiger partial charge in [-0.05, 0) is 18.2 Å². The topological polar surface area (TPSA) is 69.0 Å². The summed E-state index contributed by atoms with van der Waals surface area (Å²) < 4.78 is 7.47. The van der Waals surface area contributed by atoms with Gasteiger partial charge in [0.25, 0.3) is 0 Å². The van der Waals surface area contributed by atoms with Crippen molar-refractivity contribution >= 4 is 27.5 Å². The van der Waals surface area contributed by atoms with E-state index in [0.29, 0.717) is 11.4 Å². The number of anilines is 1. The predicted molar refractivity (Wildman–Crippen MR) is 69.3 cm³/mol. The average molecular weight is 311 g/mol. The largest absolute Gasteiger partial charge is 0.495 e. The molecule has 0 unspecified atom stereocenters. The molecule has 0 aliphatic carbocycles. The summed E-state index contributed by atoms with van der Waals surface area (Å²) >= 11 is 3.34. The van der Waals surface area contributed by atoms with Gasteiger partial charge in [-0.2, -0.15) is 5.10 Å². The highest BCUT2D eigenvalue weighted by Crippen LogP contribution is 2.27. The van der Waals surface area contributed by atoms with Crippen LogP contribution in [0.4, 0.5) is 5.69 Å². The number of benzene rings is 1. The molecule has 1 aromatic carbocycles. The van der Waals surface area contributed by atoms with Crippen molar-refractivity contribution in [3.05, 3.63) is 35.3 Å². The third-order valence-electron chi connectivity index (χ3n) is 2.21. The van der Waals surface area contributed by atoms with Crippen LogP contribution in [0, 0.1) is 0 Å². The lowest BCUT2D eigenvalue weighted by molar-refractivity contribution is -0.116. The van der Waals surface area contributed by atoms with E-state index in [0.717, 1.165) is 4.47 Å². The molecule has 94 valence electrons. The molecule has 0 saturated carbocycles. The molecular weight excluding hydrogens is 300 g/mol. The molecule has 2 rings (SSSR count). The van der Waals surface area contributed by atoms with Crippen LogP contribution in [0.5, 0.6) is 5.75 Å². The number of nitrogens with zero attached hydrogens (tertiary/aromatic N) is 3. The van der Waals surface area contributed by atoms with Crippen molar-refractivity contribution in [3.63, 3.8) is 0 Å². The Labute approximate surface area is 112 Å². The third kappa shape index (κ3) is 3.07. The summed E-state index contributed by atoms with van der Waals surface area (Å²) in [5, 5.41) is 6.62. The van der Waals surface area contributed by atoms with Crippen LogP contribution in [0.3, 0.4) is 0 Å². The van der Waals surface area contributed by atoms with Crippen LogP contribution in [0.15, 0.2) is 35.3 Å². The Balaban J connectivity index is 2.08. The van der Waals surface area contributed by atoms with E-state index in [2.05, 4.69) is 31.3 Å². The molecule has 1 N–H and O–H groups in total. The highest BCUT2D eigenvalue weighted by Gasteiger charge is 2.08. The summed E-state index contributed by atoms with van der Waals surface area (Å²) in [4.78, 5) is 15.6. The highest BCUT2D eigenvalue weighted by molar-refractivity contribution is 9.10. The standard InChI is InChI=1S/C11H11BrN4O2/c1-18-10-3-2-8(12)4-9(10)15-11(17)5-16-7-13-6-14-16/h2-4,6-7H,5H2,1H3,(H,15,17). The summed E-state index contributed by atoms with van der Waals surface area (Å²) in [5.41, 5.74) is 0.608. The van der Waals surface area contributed by atoms with Gasteiger partial charge in [0.2, 0.25) is 5.91 Å². The number of rotatable bonds is 4. The van der Waals surface area contributed by atoms with Gasteiger partial charge in [-0.15, -0.1) is 0 Å². The number of amides is 1. The first-order valence-corrected chi connectivity index (χ1v) is 5.94. The minimum absolute atomic E-state index is 0.107. The average Bonchev–Trinajstić information content (AvgIpc) is 2.82. The smallest absolute Gasteiger partial charge is 0.246 e. The van der Waals surface area contributed by atoms with Crippen LogP contribution >= 0.6 is 15.9 Å². The zero-order valence-corrected chi connectivity index (χ0v) is 11.2. The fourth-order valence-corrected chi connectivity index (χ4v) is 1.79. The summed E-state index contributed by atoms with van der Waals surface area (Å²) in [6.07, 6.45) is 2.87. The van der Waals surface area contributed by atoms with Crippen LogP contribution in [0.25, 0.3) is 0 Å². The number of hydrogen-bond donors (Lipinski definition) is 1. The molecule has 0 atom stereocenters. The van der Waals surface area contributed by atoms with E-state index in [9.17, 15) is 4.79 Å². The SMILES string of the molecule is COc1ccc(Br)cc1NC(=O)Cn1cncn1. The van der Waals surface area contributed by atoms with Crippen molar-refractivity contribution in [1.29, 1.82) is 0 Å². The molecule has 0 spiro atoms. The zero-order chi connectivity index (χ0) is 13.0. The monoisotopic (exact) mass is 310 g/mol. The van der Waals surface area contributed by atoms with Gasteiger partial charge in [0, 0.05) is 4.47 Å². The molecule has 0 fully saturated rings. The molecule has 7 heteroatoms. The van der Waals surface area contributed by atoms with Crippen molar-refractivity contribution in [2.24, 2.45) is 0 Å². The molecule has 2 aromatic rings. The van der Waals surface area contributed by atoms with Crippen molar-refractivity contribution in [3.8, 4) is 5.75 Å². The lowest BCUT2D eigenvalue weighted by atomic mass is 10.3. The first-order chi connectivity index (χ1) is 8.69. The molecule has 1 heterocycles. The van der Waals surface area contributed by atoms with Gasteiger partial charge in [-0.1, -0.05) is 15.9 Å². The minimum atomic E-state index is -0.197. The van der Waals surface area contributed by atoms with Gasteiger partial charge < -0.3 is 10.1 Å². The lowest BCUT2D eigenvalue weighted by Crippen LogP contribution is -2.19. The summed E-state index contributed by atoms with van der Waals surface area (Å²) in [6, 6.07) is 5.39. The Kier molecular flexibility index (Phi) is 3.93. The maximum absolute atomic E-state index is 11.8. The van der Waals surface area contributed by atoms with E-state index in [1.165, 1.54) is 17.3 Å². The van der Waals surface area contributed by atoms with Crippen LogP contribution in [0.1, 0.15) is 0 Å². The molecule has 1 aromatic heterocycles. The van der Waals surface area contributed by atoms with Crippen LogP contribution in [0.2, 0.25) is 0 Å². The second kappa shape index (κ2) is 5.63. The molecular formula is C11H11BrN4O2. The van der Waals surface area contributed by atoms with Crippen LogP contribution in [-0.2, 0) is 11.3 Å². The Hall–Kier alpha value is -1.89. The molecule has 18 heavy (non-hydrogen) atoms. The zero-order valence-electron chi connectivity index (χ0n) is 9.63. The Morgan fingerprint density at radius 1 is 1.56 bits per heavy atom. The molecule has 1 amide bonds. The van der Waals surface area contributed by atoms with Gasteiger partial charge in [-0.25, -0.2) is 9.67 Å². The molecule has 0 radical (unpaired) electrons. The summed E-state index contributed by atoms with van der Waals surface area (Å²) in [6.45, 7) is 0.107. The molecule has 0 aliphatic heterocycles. The number of halogens is 1. The van der Waals surface area contributed by atoms with Crippen LogP contribution in [-0.4, -0.2) is 27.8 Å². The normalized spacial score (nSPS) is 10.1. The molecule has 6 nitrogen and oxygen atoms in total. The van der Waals surface area contributed by atoms with E-state index in [-0.39, 0.29) is 12.5 Å². The first kappa shape index (κ1) is 12.6. The number of aromatic nitrogens is 3. The minimum Gasteiger partial charge on any atom is -0.495 e. The molecule has 0 aliphatic rings. The van der Waals surface area contributed by atoms with Gasteiger partial charge >= 0.3 is 0 Å². The van der Waals surface area contributed by atoms with Crippen molar-refractivity contribution in [1.82, 2.24) is 14.8 Å². The lowest BCUT2D eigenvalue weighted by Gasteiger charge is -2.10. The highest BCUT2D eigenvalue weighted by atomic mass is 79.9. The quantitative estimate of drug-likeness (QED) is 0.933. The fraction of sp³-hybridized carbons (Fsp3) is 0.182. The number of carbonyl (C=O) groups is 1. The maximum atomic E-state index is 11.8. The fourth-order valence-electron chi connectivity index (χ4n) is 1.43. The number of carbonyl (C=O) groups excluding carboxylic acids is 1. The van der Waals surface area contributed by atoms with E-state index in [1.54, 1.807) is 19.2 Å².